The number of unbranched alkanes of at least 4 members (excludes halogenated alkanes) is 1. The molecule has 0 fully saturated rings. The van der Waals surface area contributed by atoms with Crippen LogP contribution in [-0.4, -0.2) is 35.5 Å². The van der Waals surface area contributed by atoms with Gasteiger partial charge >= 0.3 is 11.9 Å². The number of phenolic OH excluding ortho intramolecular Hbond substituents is 1. The second-order valence-corrected chi connectivity index (χ2v) is 9.16. The van der Waals surface area contributed by atoms with Gasteiger partial charge in [0.1, 0.15) is 22.2 Å². The molecule has 3 aromatic carbocycles. The Morgan fingerprint density at radius 3 is 2.18 bits per heavy atom. The molecule has 0 atom stereocenters. The Labute approximate surface area is 233 Å². The van der Waals surface area contributed by atoms with Crippen LogP contribution >= 0.6 is 23.2 Å². The molecule has 4 rings (SSSR count). The Bertz CT molecular complexity index is 1470. The van der Waals surface area contributed by atoms with Crippen LogP contribution in [0.5, 0.6) is 11.5 Å². The number of carbonyl (C=O) groups is 4. The van der Waals surface area contributed by atoms with E-state index in [4.69, 9.17) is 32.7 Å². The number of imide groups is 1. The number of carbonyl (C=O) groups excluding carboxylic acids is 4. The van der Waals surface area contributed by atoms with Crippen molar-refractivity contribution in [2.45, 2.75) is 19.8 Å². The molecule has 1 aliphatic rings. The lowest BCUT2D eigenvalue weighted by molar-refractivity contribution is -0.120. The molecule has 39 heavy (non-hydrogen) atoms. The number of benzene rings is 3. The van der Waals surface area contributed by atoms with Crippen LogP contribution in [0.3, 0.4) is 0 Å². The summed E-state index contributed by atoms with van der Waals surface area (Å²) in [5, 5.41) is 12.3. The monoisotopic (exact) mass is 568 g/mol. The summed E-state index contributed by atoms with van der Waals surface area (Å²) in [6, 6.07) is 15.8. The normalized spacial score (nSPS) is 13.1. The third-order valence-electron chi connectivity index (χ3n) is 5.64. The lowest BCUT2D eigenvalue weighted by Gasteiger charge is -2.15. The summed E-state index contributed by atoms with van der Waals surface area (Å²) in [5.74, 6) is -2.71. The van der Waals surface area contributed by atoms with Crippen molar-refractivity contribution in [1.82, 2.24) is 0 Å². The van der Waals surface area contributed by atoms with E-state index < -0.39 is 23.8 Å². The molecule has 9 nitrogen and oxygen atoms in total. The third kappa shape index (κ3) is 6.22. The van der Waals surface area contributed by atoms with Crippen LogP contribution in [0.15, 0.2) is 77.5 Å². The summed E-state index contributed by atoms with van der Waals surface area (Å²) in [5.41, 5.74) is 0.960. The van der Waals surface area contributed by atoms with Gasteiger partial charge in [0.15, 0.2) is 0 Å². The van der Waals surface area contributed by atoms with Gasteiger partial charge in [-0.3, -0.25) is 9.59 Å². The van der Waals surface area contributed by atoms with Gasteiger partial charge in [0.25, 0.3) is 11.8 Å². The van der Waals surface area contributed by atoms with Gasteiger partial charge in [-0.15, -0.1) is 0 Å². The lowest BCUT2D eigenvalue weighted by Crippen LogP contribution is -2.32. The summed E-state index contributed by atoms with van der Waals surface area (Å²) >= 11 is 11.9. The molecule has 1 aliphatic heterocycles. The van der Waals surface area contributed by atoms with Gasteiger partial charge in [0.2, 0.25) is 0 Å². The van der Waals surface area contributed by atoms with E-state index in [1.807, 2.05) is 6.92 Å². The highest BCUT2D eigenvalue weighted by atomic mass is 35.5. The first kappa shape index (κ1) is 27.7. The molecular formula is C28H22Cl2N2O7. The molecule has 11 heteroatoms. The Balaban J connectivity index is 1.42. The molecule has 0 aliphatic carbocycles. The minimum absolute atomic E-state index is 0.109. The van der Waals surface area contributed by atoms with E-state index in [1.165, 1.54) is 66.7 Å². The van der Waals surface area contributed by atoms with Crippen molar-refractivity contribution in [1.29, 1.82) is 0 Å². The predicted octanol–water partition coefficient (Wildman–Crippen LogP) is 5.66. The molecule has 0 radical (unpaired) electrons. The number of aromatic hydroxyl groups is 1. The minimum Gasteiger partial charge on any atom is -0.506 e. The van der Waals surface area contributed by atoms with Crippen molar-refractivity contribution < 1.29 is 33.8 Å². The second-order valence-electron chi connectivity index (χ2n) is 8.38. The molecule has 3 aromatic rings. The lowest BCUT2D eigenvalue weighted by atomic mass is 10.2. The zero-order chi connectivity index (χ0) is 28.1. The Kier molecular flexibility index (Phi) is 8.53. The predicted molar refractivity (Wildman–Crippen MR) is 145 cm³/mol. The SMILES string of the molecule is CCCCOC(=O)c1ccc(N2C(=O)C(Cl)=C(Nc3ccc(C(=O)Oc4ccc(Cl)c(O)c4)cc3)C2=O)cc1. The first-order valence-electron chi connectivity index (χ1n) is 11.8. The van der Waals surface area contributed by atoms with Gasteiger partial charge in [0, 0.05) is 11.8 Å². The van der Waals surface area contributed by atoms with E-state index in [0.29, 0.717) is 12.3 Å². The Morgan fingerprint density at radius 1 is 0.897 bits per heavy atom. The third-order valence-corrected chi connectivity index (χ3v) is 6.31. The minimum atomic E-state index is -0.728. The first-order chi connectivity index (χ1) is 18.7. The topological polar surface area (TPSA) is 122 Å². The van der Waals surface area contributed by atoms with Crippen LogP contribution < -0.4 is 15.0 Å². The molecule has 2 N–H and O–H groups in total. The summed E-state index contributed by atoms with van der Waals surface area (Å²) in [4.78, 5) is 51.3. The zero-order valence-corrected chi connectivity index (χ0v) is 22.1. The van der Waals surface area contributed by atoms with Crippen LogP contribution in [0, 0.1) is 0 Å². The molecule has 0 spiro atoms. The fourth-order valence-corrected chi connectivity index (χ4v) is 3.87. The molecule has 200 valence electrons. The number of ether oxygens (including phenoxy) is 2. The van der Waals surface area contributed by atoms with Crippen molar-refractivity contribution in [3.8, 4) is 11.5 Å². The number of halogens is 2. The van der Waals surface area contributed by atoms with Crippen LogP contribution in [0.1, 0.15) is 40.5 Å². The van der Waals surface area contributed by atoms with Crippen molar-refractivity contribution in [3.05, 3.63) is 93.6 Å². The van der Waals surface area contributed by atoms with Gasteiger partial charge < -0.3 is 19.9 Å². The molecule has 0 saturated carbocycles. The second kappa shape index (κ2) is 12.0. The number of hydrogen-bond acceptors (Lipinski definition) is 8. The number of nitrogens with one attached hydrogen (secondary N) is 1. The first-order valence-corrected chi connectivity index (χ1v) is 12.6. The summed E-state index contributed by atoms with van der Waals surface area (Å²) < 4.78 is 10.4. The van der Waals surface area contributed by atoms with Crippen LogP contribution in [-0.2, 0) is 14.3 Å². The van der Waals surface area contributed by atoms with Gasteiger partial charge in [0.05, 0.1) is 28.4 Å². The molecule has 1 heterocycles. The Morgan fingerprint density at radius 2 is 1.54 bits per heavy atom. The van der Waals surface area contributed by atoms with E-state index in [-0.39, 0.29) is 44.1 Å². The fraction of sp³-hybridized carbons (Fsp3) is 0.143. The molecule has 0 unspecified atom stereocenters. The molecular weight excluding hydrogens is 547 g/mol. The van der Waals surface area contributed by atoms with Gasteiger partial charge in [-0.05, 0) is 67.1 Å². The summed E-state index contributed by atoms with van der Waals surface area (Å²) in [6.07, 6.45) is 1.64. The van der Waals surface area contributed by atoms with Crippen LogP contribution in [0.25, 0.3) is 0 Å². The van der Waals surface area contributed by atoms with E-state index in [1.54, 1.807) is 0 Å². The Hall–Kier alpha value is -4.34. The fourth-order valence-electron chi connectivity index (χ4n) is 3.54. The van der Waals surface area contributed by atoms with Gasteiger partial charge in [-0.25, -0.2) is 14.5 Å². The molecule has 0 saturated heterocycles. The smallest absolute Gasteiger partial charge is 0.343 e. The highest BCUT2D eigenvalue weighted by Crippen LogP contribution is 2.31. The quantitative estimate of drug-likeness (QED) is 0.147. The number of rotatable bonds is 9. The van der Waals surface area contributed by atoms with Crippen LogP contribution in [0.4, 0.5) is 11.4 Å². The van der Waals surface area contributed by atoms with Crippen molar-refractivity contribution >= 4 is 58.3 Å². The number of nitrogens with zero attached hydrogens (tertiary/aromatic N) is 1. The largest absolute Gasteiger partial charge is 0.506 e. The van der Waals surface area contributed by atoms with E-state index in [0.717, 1.165) is 17.7 Å². The maximum Gasteiger partial charge on any atom is 0.343 e. The van der Waals surface area contributed by atoms with E-state index in [2.05, 4.69) is 5.32 Å². The van der Waals surface area contributed by atoms with Crippen molar-refractivity contribution in [2.24, 2.45) is 0 Å². The van der Waals surface area contributed by atoms with E-state index >= 15 is 0 Å². The standard InChI is InChI=1S/C28H22Cl2N2O7/c1-2-3-14-38-27(36)16-6-10-19(11-7-16)32-25(34)23(30)24(26(32)35)31-18-8-4-17(5-9-18)28(37)39-20-12-13-21(29)22(33)15-20/h4-13,15,31,33H,2-3,14H2,1H3. The van der Waals surface area contributed by atoms with Crippen LogP contribution in [0.2, 0.25) is 5.02 Å². The van der Waals surface area contributed by atoms with Gasteiger partial charge in [-0.2, -0.15) is 0 Å². The highest BCUT2D eigenvalue weighted by molar-refractivity contribution is 6.53. The van der Waals surface area contributed by atoms with E-state index in [9.17, 15) is 24.3 Å². The maximum absolute atomic E-state index is 13.1. The average molecular weight is 569 g/mol. The summed E-state index contributed by atoms with van der Waals surface area (Å²) in [6.45, 7) is 2.29. The highest BCUT2D eigenvalue weighted by Gasteiger charge is 2.39. The molecule has 0 aromatic heterocycles. The number of esters is 2. The molecule has 0 bridgehead atoms. The number of anilines is 2. The number of hydrogen-bond donors (Lipinski definition) is 2. The zero-order valence-electron chi connectivity index (χ0n) is 20.6. The number of amides is 2. The average Bonchev–Trinajstić information content (AvgIpc) is 3.14. The van der Waals surface area contributed by atoms with Gasteiger partial charge in [-0.1, -0.05) is 36.5 Å². The number of phenols is 1. The van der Waals surface area contributed by atoms with Crippen molar-refractivity contribution in [2.75, 3.05) is 16.8 Å². The van der Waals surface area contributed by atoms with Crippen molar-refractivity contribution in [3.63, 3.8) is 0 Å². The maximum atomic E-state index is 13.1. The molecule has 2 amide bonds. The summed E-state index contributed by atoms with van der Waals surface area (Å²) in [7, 11) is 0.